The van der Waals surface area contributed by atoms with Crippen molar-refractivity contribution in [3.63, 3.8) is 0 Å². The lowest BCUT2D eigenvalue weighted by Gasteiger charge is -2.28. The molecule has 19 nitrogen and oxygen atoms in total. The van der Waals surface area contributed by atoms with Gasteiger partial charge in [0.1, 0.15) is 5.78 Å². The van der Waals surface area contributed by atoms with Gasteiger partial charge in [-0.1, -0.05) is 138 Å². The van der Waals surface area contributed by atoms with Crippen molar-refractivity contribution in [1.29, 1.82) is 0 Å². The predicted octanol–water partition coefficient (Wildman–Crippen LogP) is 10.7. The Kier molecular flexibility index (Phi) is 45.1. The Morgan fingerprint density at radius 3 is 1.38 bits per heavy atom. The number of nitro groups is 2. The van der Waals surface area contributed by atoms with Crippen molar-refractivity contribution < 1.29 is 66.9 Å². The van der Waals surface area contributed by atoms with Crippen molar-refractivity contribution in [3.05, 3.63) is 123 Å². The summed E-state index contributed by atoms with van der Waals surface area (Å²) in [5.74, 6) is 1.03. The molecule has 0 aromatic heterocycles. The molecule has 1 amide bonds. The number of benzene rings is 3. The summed E-state index contributed by atoms with van der Waals surface area (Å²) in [7, 11) is -1.34. The Balaban J connectivity index is -0.000000943. The van der Waals surface area contributed by atoms with Crippen molar-refractivity contribution in [2.45, 2.75) is 134 Å². The molecule has 5 rings (SSSR count). The highest BCUT2D eigenvalue weighted by Gasteiger charge is 2.33. The standard InChI is InChI=1S/C22H21O2P.C9H17NO4.C8H14O2.C7H13NO.C6H13O3P.2C4H8O.CH3NO2/c1-2-24-22(23)18-25(19-12-6-3-7-13-19,20-14-8-4-9-15-20)21-16-10-5-11-17-21;1-4-9(3,7-10(12)13)6-8(11)14-5-2;1-4-7(3)6-8(9)10-5-2;1-3-7(2)4-6(9)8-5-7;1-4-9-6(7)5-10(2,3)8;1-2-4-5-3-1;1-3-4(2)5;1-2(3)4/h3-18H,2H2,1H3;4-7H2,1-3H3;6H,4-5H2,1-3H3;3-5H2,1-2H3,(H,8,9);4-5H2,1-3H3;1-4H2;3H2,1-2H3;1H3/b;;7-6+;;;;;. The van der Waals surface area contributed by atoms with Gasteiger partial charge in [0, 0.05) is 59.7 Å². The van der Waals surface area contributed by atoms with Gasteiger partial charge >= 0.3 is 23.9 Å². The first-order valence-electron chi connectivity index (χ1n) is 27.8. The summed E-state index contributed by atoms with van der Waals surface area (Å²) in [5, 5.41) is 25.4. The third kappa shape index (κ3) is 40.8. The van der Waals surface area contributed by atoms with E-state index in [1.165, 1.54) is 18.9 Å². The van der Waals surface area contributed by atoms with Crippen LogP contribution in [-0.4, -0.2) is 130 Å². The first-order chi connectivity index (χ1) is 38.5. The number of ketones is 1. The van der Waals surface area contributed by atoms with Crippen LogP contribution in [0.3, 0.4) is 0 Å². The molecule has 82 heavy (non-hydrogen) atoms. The Bertz CT molecular complexity index is 2330. The number of carbonyl (C=O) groups is 6. The van der Waals surface area contributed by atoms with Gasteiger partial charge in [0.2, 0.25) is 12.5 Å². The van der Waals surface area contributed by atoms with E-state index in [0.717, 1.165) is 61.1 Å². The molecule has 0 spiro atoms. The average molecular weight is 1190 g/mol. The van der Waals surface area contributed by atoms with Gasteiger partial charge in [-0.2, -0.15) is 0 Å². The molecule has 3 aromatic carbocycles. The Labute approximate surface area is 489 Å². The fraction of sp³-hybridized carbons (Fsp3) is 0.557. The number of amides is 1. The third-order valence-corrected chi connectivity index (χ3v) is 16.8. The number of nitrogens with zero attached hydrogens (tertiary/aromatic N) is 2. The number of hydrogen-bond donors (Lipinski definition) is 1. The highest BCUT2D eigenvalue weighted by atomic mass is 31.2. The Morgan fingerprint density at radius 2 is 1.10 bits per heavy atom. The monoisotopic (exact) mass is 1190 g/mol. The van der Waals surface area contributed by atoms with E-state index >= 15 is 0 Å². The second-order valence-electron chi connectivity index (χ2n) is 19.8. The van der Waals surface area contributed by atoms with E-state index in [2.05, 4.69) is 60.3 Å². The largest absolute Gasteiger partial charge is 0.466 e. The normalized spacial score (nSPS) is 14.6. The molecule has 2 fully saturated rings. The zero-order valence-corrected chi connectivity index (χ0v) is 53.4. The molecule has 0 bridgehead atoms. The fourth-order valence-electron chi connectivity index (χ4n) is 6.75. The number of carbonyl (C=O) groups excluding carboxylic acids is 6. The predicted molar refractivity (Wildman–Crippen MR) is 331 cm³/mol. The van der Waals surface area contributed by atoms with Crippen LogP contribution in [0.1, 0.15) is 134 Å². The molecule has 2 heterocycles. The van der Waals surface area contributed by atoms with Crippen LogP contribution in [0.4, 0.5) is 0 Å². The van der Waals surface area contributed by atoms with E-state index in [4.69, 9.17) is 29.1 Å². The topological polar surface area (TPSA) is 264 Å². The number of rotatable bonds is 19. The van der Waals surface area contributed by atoms with Gasteiger partial charge in [0.25, 0.3) is 0 Å². The maximum absolute atomic E-state index is 12.5. The van der Waals surface area contributed by atoms with E-state index in [-0.39, 0.29) is 65.0 Å². The zero-order valence-electron chi connectivity index (χ0n) is 51.7. The lowest BCUT2D eigenvalue weighted by atomic mass is 9.84. The van der Waals surface area contributed by atoms with Gasteiger partial charge in [-0.15, -0.1) is 0 Å². The van der Waals surface area contributed by atoms with E-state index in [1.54, 1.807) is 53.7 Å². The van der Waals surface area contributed by atoms with Crippen LogP contribution in [0.2, 0.25) is 0 Å². The summed E-state index contributed by atoms with van der Waals surface area (Å²) in [6.45, 7) is 27.3. The molecule has 3 aromatic rings. The second kappa shape index (κ2) is 46.2. The number of allylic oxidation sites excluding steroid dienone is 1. The second-order valence-corrected chi connectivity index (χ2v) is 26.5. The Morgan fingerprint density at radius 1 is 0.695 bits per heavy atom. The van der Waals surface area contributed by atoms with E-state index in [0.29, 0.717) is 45.7 Å². The SMILES string of the molecule is C1CCOC1.CCC(C)=O.CCC1(C)CNC(=O)C1.CCOC(=O)/C=C(\C)CC.CCOC(=O)C=P(c1ccccc1)(c1ccccc1)c1ccccc1.CCOC(=O)CC(C)(CC)C[N+](=O)[O-].CCOC(=O)CP(C)(C)=O.C[N+](=O)[O-]. The smallest absolute Gasteiger partial charge is 0.331 e. The van der Waals surface area contributed by atoms with E-state index in [1.807, 2.05) is 89.2 Å². The molecule has 2 atom stereocenters. The minimum Gasteiger partial charge on any atom is -0.466 e. The molecular formula is C61H97N3O16P2. The quantitative estimate of drug-likeness (QED) is 0.0292. The van der Waals surface area contributed by atoms with Gasteiger partial charge in [-0.25, -0.2) is 9.59 Å². The van der Waals surface area contributed by atoms with E-state index < -0.39 is 24.4 Å². The molecule has 21 heteroatoms. The van der Waals surface area contributed by atoms with Crippen LogP contribution < -0.4 is 21.2 Å². The summed E-state index contributed by atoms with van der Waals surface area (Å²) in [4.78, 5) is 83.9. The van der Waals surface area contributed by atoms with Crippen LogP contribution in [0.5, 0.6) is 0 Å². The maximum Gasteiger partial charge on any atom is 0.331 e. The summed E-state index contributed by atoms with van der Waals surface area (Å²) >= 11 is 0. The molecule has 1 N–H and O–H groups in total. The minimum atomic E-state index is -2.24. The third-order valence-electron chi connectivity index (χ3n) is 11.8. The lowest BCUT2D eigenvalue weighted by Crippen LogP contribution is -2.29. The van der Waals surface area contributed by atoms with Crippen molar-refractivity contribution >= 4 is 71.3 Å². The molecule has 0 aliphatic carbocycles. The van der Waals surface area contributed by atoms with Gasteiger partial charge in [-0.3, -0.25) is 34.6 Å². The van der Waals surface area contributed by atoms with Crippen LogP contribution in [0.25, 0.3) is 0 Å². The molecule has 462 valence electrons. The number of esters is 4. The zero-order chi connectivity index (χ0) is 63.2. The maximum atomic E-state index is 12.5. The fourth-order valence-corrected chi connectivity index (χ4v) is 11.1. The molecule has 0 saturated carbocycles. The highest BCUT2D eigenvalue weighted by molar-refractivity contribution is 7.95. The van der Waals surface area contributed by atoms with Crippen LogP contribution in [0, 0.1) is 31.1 Å². The van der Waals surface area contributed by atoms with Gasteiger partial charge in [0.05, 0.1) is 46.2 Å². The lowest BCUT2D eigenvalue weighted by molar-refractivity contribution is -0.496. The first-order valence-corrected chi connectivity index (χ1v) is 32.5. The molecule has 0 radical (unpaired) electrons. The van der Waals surface area contributed by atoms with Crippen LogP contribution in [0.15, 0.2) is 103 Å². The van der Waals surface area contributed by atoms with Gasteiger partial charge in [-0.05, 0) is 115 Å². The Hall–Kier alpha value is -6.29. The van der Waals surface area contributed by atoms with Crippen LogP contribution >= 0.6 is 14.0 Å². The minimum absolute atomic E-state index is 0.0564. The van der Waals surface area contributed by atoms with Crippen molar-refractivity contribution in [3.8, 4) is 0 Å². The molecular weight excluding hydrogens is 1090 g/mol. The summed E-state index contributed by atoms with van der Waals surface area (Å²) < 4.78 is 35.3. The van der Waals surface area contributed by atoms with Gasteiger partial charge in [0.15, 0.2) is 7.05 Å². The first kappa shape index (κ1) is 79.9. The summed E-state index contributed by atoms with van der Waals surface area (Å²) in [5.41, 5.74) is 0.714. The van der Waals surface area contributed by atoms with Crippen molar-refractivity contribution in [2.24, 2.45) is 10.8 Å². The summed E-state index contributed by atoms with van der Waals surface area (Å²) in [6.07, 6.45) is 8.21. The number of nitrogens with one attached hydrogen (secondary N) is 1. The molecule has 2 aliphatic heterocycles. The van der Waals surface area contributed by atoms with Gasteiger partial charge < -0.3 is 38.4 Å². The molecule has 2 aliphatic rings. The molecule has 2 unspecified atom stereocenters. The summed E-state index contributed by atoms with van der Waals surface area (Å²) in [6, 6.07) is 30.7. The molecule has 2 saturated heterocycles. The van der Waals surface area contributed by atoms with Crippen molar-refractivity contribution in [1.82, 2.24) is 5.32 Å². The van der Waals surface area contributed by atoms with E-state index in [9.17, 15) is 43.4 Å². The number of hydrogen-bond acceptors (Lipinski definition) is 16. The highest BCUT2D eigenvalue weighted by Crippen LogP contribution is 2.43. The average Bonchev–Trinajstić information content (AvgIpc) is 4.24. The number of ether oxygens (including phenoxy) is 5. The van der Waals surface area contributed by atoms with Crippen LogP contribution in [-0.2, 0) is 57.0 Å². The number of Topliss-reactive ketones (excluding diaryl/α,β-unsaturated/α-hetero) is 1. The van der Waals surface area contributed by atoms with Crippen molar-refractivity contribution in [2.75, 3.05) is 79.3 Å².